The van der Waals surface area contributed by atoms with Gasteiger partial charge >= 0.3 is 0 Å². The molecule has 3 N–H and O–H groups in total. The van der Waals surface area contributed by atoms with Crippen LogP contribution >= 0.6 is 11.6 Å². The van der Waals surface area contributed by atoms with E-state index in [2.05, 4.69) is 43.7 Å². The summed E-state index contributed by atoms with van der Waals surface area (Å²) in [5, 5.41) is 6.89. The maximum absolute atomic E-state index is 12.7. The van der Waals surface area contributed by atoms with Crippen molar-refractivity contribution in [1.29, 1.82) is 0 Å². The number of benzene rings is 1. The van der Waals surface area contributed by atoms with Crippen LogP contribution in [0.1, 0.15) is 6.42 Å². The number of carbonyl (C=O) groups is 1. The summed E-state index contributed by atoms with van der Waals surface area (Å²) in [6.45, 7) is 3.13. The Balaban J connectivity index is 1.35. The number of amides is 1. The fourth-order valence-corrected chi connectivity index (χ4v) is 6.00. The van der Waals surface area contributed by atoms with Gasteiger partial charge in [0, 0.05) is 37.9 Å². The number of allylic oxidation sites excluding steroid dienone is 1. The van der Waals surface area contributed by atoms with Gasteiger partial charge in [-0.1, -0.05) is 23.8 Å². The fraction of sp³-hybridized carbons (Fsp3) is 0.423. The zero-order chi connectivity index (χ0) is 24.8. The highest BCUT2D eigenvalue weighted by Gasteiger charge is 2.48. The van der Waals surface area contributed by atoms with E-state index in [1.54, 1.807) is 20.4 Å². The molecule has 4 atom stereocenters. The van der Waals surface area contributed by atoms with Crippen molar-refractivity contribution in [2.75, 3.05) is 50.7 Å². The average molecular weight is 509 g/mol. The average Bonchev–Trinajstić information content (AvgIpc) is 3.65. The molecule has 36 heavy (non-hydrogen) atoms. The van der Waals surface area contributed by atoms with Crippen LogP contribution in [-0.2, 0) is 9.53 Å². The molecule has 3 aromatic rings. The number of carbonyl (C=O) groups excluding carboxylic acids is 1. The van der Waals surface area contributed by atoms with Gasteiger partial charge in [-0.3, -0.25) is 4.79 Å². The molecular formula is C26H29ClN6O3. The lowest BCUT2D eigenvalue weighted by Gasteiger charge is -2.29. The Kier molecular flexibility index (Phi) is 5.97. The van der Waals surface area contributed by atoms with Gasteiger partial charge in [0.1, 0.15) is 17.1 Å². The minimum Gasteiger partial charge on any atom is -0.496 e. The Hall–Kier alpha value is -3.30. The monoisotopic (exact) mass is 508 g/mol. The predicted molar refractivity (Wildman–Crippen MR) is 140 cm³/mol. The first-order chi connectivity index (χ1) is 17.6. The van der Waals surface area contributed by atoms with Crippen molar-refractivity contribution in [3.05, 3.63) is 41.6 Å². The summed E-state index contributed by atoms with van der Waals surface area (Å²) < 4.78 is 11.2. The molecule has 2 bridgehead atoms. The summed E-state index contributed by atoms with van der Waals surface area (Å²) in [5.74, 6) is 1.75. The van der Waals surface area contributed by atoms with Crippen molar-refractivity contribution in [2.45, 2.75) is 12.5 Å². The lowest BCUT2D eigenvalue weighted by Crippen LogP contribution is -2.42. The third kappa shape index (κ3) is 3.87. The molecule has 188 valence electrons. The normalized spacial score (nSPS) is 24.9. The molecule has 9 nitrogen and oxygen atoms in total. The third-order valence-corrected chi connectivity index (χ3v) is 7.90. The number of fused-ring (bicyclic) bond motifs is 3. The number of hydrogen-bond acceptors (Lipinski definition) is 7. The number of H-pyrrole nitrogens is 1. The molecule has 1 unspecified atom stereocenters. The van der Waals surface area contributed by atoms with Crippen LogP contribution in [-0.4, -0.2) is 67.4 Å². The van der Waals surface area contributed by atoms with E-state index in [1.165, 1.54) is 0 Å². The first-order valence-corrected chi connectivity index (χ1v) is 12.7. The molecule has 1 aromatic carbocycles. The van der Waals surface area contributed by atoms with Crippen molar-refractivity contribution in [3.8, 4) is 17.1 Å². The van der Waals surface area contributed by atoms with Crippen molar-refractivity contribution < 1.29 is 14.3 Å². The molecule has 0 spiro atoms. The minimum absolute atomic E-state index is 0.0427. The number of halogens is 1. The van der Waals surface area contributed by atoms with Gasteiger partial charge < -0.3 is 30.0 Å². The van der Waals surface area contributed by atoms with Crippen LogP contribution in [0.15, 0.2) is 36.5 Å². The van der Waals surface area contributed by atoms with E-state index in [1.807, 2.05) is 12.1 Å². The second-order valence-electron chi connectivity index (χ2n) is 9.51. The van der Waals surface area contributed by atoms with Crippen LogP contribution in [0.25, 0.3) is 22.6 Å². The van der Waals surface area contributed by atoms with Gasteiger partial charge in [0.05, 0.1) is 48.7 Å². The molecule has 1 saturated heterocycles. The van der Waals surface area contributed by atoms with E-state index in [4.69, 9.17) is 26.1 Å². The minimum atomic E-state index is -0.153. The van der Waals surface area contributed by atoms with Crippen LogP contribution in [0, 0.1) is 17.8 Å². The van der Waals surface area contributed by atoms with Crippen molar-refractivity contribution in [2.24, 2.45) is 17.8 Å². The van der Waals surface area contributed by atoms with Crippen molar-refractivity contribution in [3.63, 3.8) is 0 Å². The number of morpholine rings is 1. The van der Waals surface area contributed by atoms with Gasteiger partial charge in [-0.25, -0.2) is 9.97 Å². The summed E-state index contributed by atoms with van der Waals surface area (Å²) in [4.78, 5) is 27.6. The van der Waals surface area contributed by atoms with Crippen LogP contribution in [0.4, 0.5) is 11.4 Å². The Morgan fingerprint density at radius 2 is 2.06 bits per heavy atom. The van der Waals surface area contributed by atoms with Crippen LogP contribution in [0.5, 0.6) is 5.75 Å². The Labute approximate surface area is 214 Å². The molecule has 1 saturated carbocycles. The zero-order valence-corrected chi connectivity index (χ0v) is 21.0. The van der Waals surface area contributed by atoms with E-state index < -0.39 is 0 Å². The smallest absolute Gasteiger partial charge is 0.225 e. The summed E-state index contributed by atoms with van der Waals surface area (Å²) in [6.07, 6.45) is 6.93. The first-order valence-electron chi connectivity index (χ1n) is 12.3. The predicted octanol–water partition coefficient (Wildman–Crippen LogP) is 3.47. The molecule has 6 rings (SSSR count). The van der Waals surface area contributed by atoms with E-state index in [0.29, 0.717) is 27.7 Å². The first kappa shape index (κ1) is 23.1. The molecule has 1 aliphatic heterocycles. The number of hydrogen-bond donors (Lipinski definition) is 3. The van der Waals surface area contributed by atoms with Crippen molar-refractivity contribution in [1.82, 2.24) is 20.3 Å². The molecule has 3 heterocycles. The van der Waals surface area contributed by atoms with Crippen LogP contribution < -0.4 is 20.3 Å². The Bertz CT molecular complexity index is 1330. The largest absolute Gasteiger partial charge is 0.496 e. The molecule has 0 radical (unpaired) electrons. The third-order valence-electron chi connectivity index (χ3n) is 7.61. The van der Waals surface area contributed by atoms with E-state index in [9.17, 15) is 4.79 Å². The number of pyridine rings is 1. The molecule has 3 aliphatic rings. The molecular weight excluding hydrogens is 480 g/mol. The van der Waals surface area contributed by atoms with E-state index in [0.717, 1.165) is 49.7 Å². The number of anilines is 2. The molecule has 10 heteroatoms. The number of imidazole rings is 1. The Morgan fingerprint density at radius 1 is 1.25 bits per heavy atom. The fourth-order valence-electron chi connectivity index (χ4n) is 5.81. The molecule has 2 aromatic heterocycles. The number of nitrogens with zero attached hydrogens (tertiary/aromatic N) is 3. The second-order valence-corrected chi connectivity index (χ2v) is 9.91. The lowest BCUT2D eigenvalue weighted by molar-refractivity contribution is -0.125. The van der Waals surface area contributed by atoms with Gasteiger partial charge in [0.2, 0.25) is 5.91 Å². The van der Waals surface area contributed by atoms with Crippen LogP contribution in [0.2, 0.25) is 5.02 Å². The van der Waals surface area contributed by atoms with Gasteiger partial charge in [-0.15, -0.1) is 0 Å². The van der Waals surface area contributed by atoms with Gasteiger partial charge in [-0.2, -0.15) is 0 Å². The number of ether oxygens (including phenoxy) is 2. The lowest BCUT2D eigenvalue weighted by atomic mass is 9.88. The highest BCUT2D eigenvalue weighted by atomic mass is 35.5. The maximum Gasteiger partial charge on any atom is 0.225 e. The Morgan fingerprint density at radius 3 is 2.83 bits per heavy atom. The molecule has 1 amide bonds. The maximum atomic E-state index is 12.7. The number of aromatic nitrogens is 3. The highest BCUT2D eigenvalue weighted by Crippen LogP contribution is 2.46. The number of methoxy groups -OCH3 is 1. The van der Waals surface area contributed by atoms with Gasteiger partial charge in [-0.05, 0) is 30.4 Å². The topological polar surface area (TPSA) is 104 Å². The molecule has 2 fully saturated rings. The van der Waals surface area contributed by atoms with E-state index >= 15 is 0 Å². The summed E-state index contributed by atoms with van der Waals surface area (Å²) in [5.41, 5.74) is 3.89. The quantitative estimate of drug-likeness (QED) is 0.438. The molecule has 2 aliphatic carbocycles. The highest BCUT2D eigenvalue weighted by molar-refractivity contribution is 6.34. The van der Waals surface area contributed by atoms with Gasteiger partial charge in [0.25, 0.3) is 0 Å². The number of aromatic amines is 1. The SMILES string of the molecule is CNC(=O)[C@@H]1C(Nc2c(Cl)cnc3nc(-c4ccc(N5CCOCC5)cc4OC)[nH]c23)[C@H]2C=C[C@@H]1C2. The summed E-state index contributed by atoms with van der Waals surface area (Å²) >= 11 is 6.63. The summed E-state index contributed by atoms with van der Waals surface area (Å²) in [7, 11) is 3.35. The summed E-state index contributed by atoms with van der Waals surface area (Å²) in [6, 6.07) is 6.06. The second kappa shape index (κ2) is 9.29. The van der Waals surface area contributed by atoms with Crippen molar-refractivity contribution >= 4 is 40.0 Å². The zero-order valence-electron chi connectivity index (χ0n) is 20.3. The van der Waals surface area contributed by atoms with E-state index in [-0.39, 0.29) is 29.7 Å². The van der Waals surface area contributed by atoms with Gasteiger partial charge in [0.15, 0.2) is 5.65 Å². The number of rotatable bonds is 6. The van der Waals surface area contributed by atoms with Crippen LogP contribution in [0.3, 0.4) is 0 Å². The standard InChI is InChI=1S/C26H29ClN6O3/c1-28-26(34)20-14-3-4-15(11-14)21(20)30-22-18(27)13-29-25-23(22)31-24(32-25)17-6-5-16(12-19(17)35-2)33-7-9-36-10-8-33/h3-6,12-15,20-21H,7-11H2,1-2H3,(H,28,34)(H2,29,30,31,32)/t14-,15+,20+,21?/m1/s1. The number of nitrogens with one attached hydrogen (secondary N) is 3.